The fourth-order valence-electron chi connectivity index (χ4n) is 0.910. The van der Waals surface area contributed by atoms with Gasteiger partial charge in [-0.15, -0.1) is 0 Å². The Morgan fingerprint density at radius 2 is 1.89 bits per heavy atom. The summed E-state index contributed by atoms with van der Waals surface area (Å²) in [5, 5.41) is 8.84. The molecule has 0 heterocycles. The van der Waals surface area contributed by atoms with Crippen LogP contribution in [-0.4, -0.2) is 48.9 Å². The molecule has 19 heavy (non-hydrogen) atoms. The van der Waals surface area contributed by atoms with Crippen LogP contribution in [0.25, 0.3) is 0 Å². The molecule has 0 saturated heterocycles. The molecule has 1 N–H and O–H groups in total. The van der Waals surface area contributed by atoms with Gasteiger partial charge in [-0.2, -0.15) is 0 Å². The van der Waals surface area contributed by atoms with Gasteiger partial charge < -0.3 is 0 Å². The van der Waals surface area contributed by atoms with Crippen molar-refractivity contribution < 1.29 is 29.0 Å². The summed E-state index contributed by atoms with van der Waals surface area (Å²) in [5.41, 5.74) is -0.697. The van der Waals surface area contributed by atoms with Gasteiger partial charge in [0.2, 0.25) is 0 Å². The summed E-state index contributed by atoms with van der Waals surface area (Å²) in [6.07, 6.45) is -0.297. The quantitative estimate of drug-likeness (QED) is 0.174. The molecule has 9 heteroatoms. The zero-order valence-electron chi connectivity index (χ0n) is 10.3. The maximum absolute atomic E-state index is 11.3. The number of hydrogen-bond acceptors (Lipinski definition) is 5. The molecule has 2 unspecified atom stereocenters. The van der Waals surface area contributed by atoms with Crippen molar-refractivity contribution in [1.82, 2.24) is 0 Å². The fourth-order valence-corrected chi connectivity index (χ4v) is 2.75. The second kappa shape index (κ2) is 9.20. The molecule has 0 aliphatic heterocycles. The maximum atomic E-state index is 11.3. The topological polar surface area (TPSA) is 89.9 Å². The van der Waals surface area contributed by atoms with E-state index in [-0.39, 0.29) is 25.2 Å². The molecule has 0 rings (SSSR count). The molecule has 6 nitrogen and oxygen atoms in total. The van der Waals surface area contributed by atoms with Crippen LogP contribution >= 0.6 is 26.9 Å². The van der Waals surface area contributed by atoms with Gasteiger partial charge in [0, 0.05) is 0 Å². The zero-order valence-corrected chi connectivity index (χ0v) is 13.3. The van der Waals surface area contributed by atoms with E-state index in [4.69, 9.17) is 21.6 Å². The Hall–Kier alpha value is -0.755. The van der Waals surface area contributed by atoms with Crippen molar-refractivity contribution in [1.29, 1.82) is 0 Å². The van der Waals surface area contributed by atoms with Crippen LogP contribution in [0.1, 0.15) is 13.3 Å². The summed E-state index contributed by atoms with van der Waals surface area (Å²) in [6, 6.07) is 0. The van der Waals surface area contributed by atoms with Gasteiger partial charge in [0.25, 0.3) is 0 Å². The number of carboxylic acid groups (broad SMARTS) is 1. The number of rotatable bonds is 7. The standard InChI is InChI=1S/C10H13BIO6P/c1-6(2)10(16)18-4-3-17-8(13)5-7(9(14)15)19(11)12/h7H,1,3-5H2,2H3,(H,14,15). The predicted molar refractivity (Wildman–Crippen MR) is 79.5 cm³/mol. The van der Waals surface area contributed by atoms with Crippen LogP contribution in [0.15, 0.2) is 12.2 Å². The van der Waals surface area contributed by atoms with Crippen molar-refractivity contribution in [2.75, 3.05) is 13.2 Å². The van der Waals surface area contributed by atoms with E-state index in [2.05, 4.69) is 6.58 Å². The van der Waals surface area contributed by atoms with Gasteiger partial charge in [-0.3, -0.25) is 0 Å². The number of halogens is 1. The molecule has 0 bridgehead atoms. The van der Waals surface area contributed by atoms with E-state index in [0.29, 0.717) is 0 Å². The Bertz CT molecular complexity index is 455. The van der Waals surface area contributed by atoms with Crippen LogP contribution < -0.4 is 0 Å². The van der Waals surface area contributed by atoms with Crippen molar-refractivity contribution >= 4 is 51.8 Å². The van der Waals surface area contributed by atoms with Crippen LogP contribution in [0, 0.1) is 0 Å². The molecule has 0 aliphatic carbocycles. The Kier molecular flexibility index (Phi) is 8.83. The average molecular weight is 398 g/mol. The molecular formula is C10H13BIO6P. The zero-order chi connectivity index (χ0) is 15.0. The molecule has 0 radical (unpaired) electrons. The minimum absolute atomic E-state index is 0.100. The SMILES string of the molecule is B#P(I)C(CC(=O)OCCOC(=O)C(=C)C)C(=O)O. The van der Waals surface area contributed by atoms with Crippen LogP contribution in [0.5, 0.6) is 0 Å². The Balaban J connectivity index is 4.00. The summed E-state index contributed by atoms with van der Waals surface area (Å²) in [7, 11) is 5.50. The Labute approximate surface area is 125 Å². The van der Waals surface area contributed by atoms with Crippen molar-refractivity contribution in [3.8, 4) is 0 Å². The molecule has 0 aromatic heterocycles. The first-order valence-electron chi connectivity index (χ1n) is 5.16. The molecule has 0 fully saturated rings. The molecular weight excluding hydrogens is 385 g/mol. The van der Waals surface area contributed by atoms with Gasteiger partial charge in [0.1, 0.15) is 0 Å². The Morgan fingerprint density at radius 1 is 1.37 bits per heavy atom. The van der Waals surface area contributed by atoms with Gasteiger partial charge in [0.15, 0.2) is 0 Å². The number of ether oxygens (including phenoxy) is 2. The van der Waals surface area contributed by atoms with Gasteiger partial charge >= 0.3 is 125 Å². The monoisotopic (exact) mass is 398 g/mol. The second-order valence-corrected chi connectivity index (χ2v) is 8.19. The summed E-state index contributed by atoms with van der Waals surface area (Å²) in [6.45, 7) is 4.65. The molecule has 0 aliphatic rings. The molecule has 0 spiro atoms. The molecule has 0 saturated carbocycles. The van der Waals surface area contributed by atoms with E-state index in [1.165, 1.54) is 6.92 Å². The van der Waals surface area contributed by atoms with Crippen LogP contribution in [-0.2, 0) is 23.9 Å². The third-order valence-electron chi connectivity index (χ3n) is 1.87. The summed E-state index contributed by atoms with van der Waals surface area (Å²) in [4.78, 5) is 31.9. The molecule has 0 aromatic rings. The Morgan fingerprint density at radius 3 is 2.32 bits per heavy atom. The second-order valence-electron chi connectivity index (χ2n) is 3.54. The van der Waals surface area contributed by atoms with Gasteiger partial charge in [-0.25, -0.2) is 0 Å². The van der Waals surface area contributed by atoms with E-state index in [1.807, 2.05) is 0 Å². The number of esters is 2. The molecule has 2 atom stereocenters. The first kappa shape index (κ1) is 18.2. The van der Waals surface area contributed by atoms with E-state index >= 15 is 0 Å². The van der Waals surface area contributed by atoms with E-state index in [0.717, 1.165) is 0 Å². The van der Waals surface area contributed by atoms with E-state index in [1.54, 1.807) is 22.0 Å². The first-order valence-corrected chi connectivity index (χ1v) is 9.43. The minimum atomic E-state index is -1.30. The fraction of sp³-hybridized carbons (Fsp3) is 0.500. The summed E-state index contributed by atoms with van der Waals surface area (Å²) >= 11 is 1.79. The van der Waals surface area contributed by atoms with Crippen LogP contribution in [0.4, 0.5) is 0 Å². The van der Waals surface area contributed by atoms with Crippen molar-refractivity contribution in [3.05, 3.63) is 12.2 Å². The number of hydrogen-bond donors (Lipinski definition) is 1. The van der Waals surface area contributed by atoms with Crippen molar-refractivity contribution in [3.63, 3.8) is 0 Å². The first-order chi connectivity index (χ1) is 8.75. The predicted octanol–water partition coefficient (Wildman–Crippen LogP) is 1.41. The molecule has 104 valence electrons. The van der Waals surface area contributed by atoms with Crippen LogP contribution in [0.3, 0.4) is 0 Å². The van der Waals surface area contributed by atoms with E-state index < -0.39 is 28.4 Å². The average Bonchev–Trinajstić information content (AvgIpc) is 2.30. The van der Waals surface area contributed by atoms with Gasteiger partial charge in [-0.05, 0) is 0 Å². The van der Waals surface area contributed by atoms with E-state index in [9.17, 15) is 14.4 Å². The number of carboxylic acids is 1. The third-order valence-corrected chi connectivity index (χ3v) is 4.89. The normalized spacial score (nSPS) is 12.3. The van der Waals surface area contributed by atoms with Crippen molar-refractivity contribution in [2.24, 2.45) is 0 Å². The third kappa shape index (κ3) is 8.10. The summed E-state index contributed by atoms with van der Waals surface area (Å²) in [5.74, 6) is -2.39. The van der Waals surface area contributed by atoms with Crippen molar-refractivity contribution in [2.45, 2.75) is 19.0 Å². The number of carbonyl (C=O) groups excluding carboxylic acids is 2. The molecule has 0 amide bonds. The number of carbonyl (C=O) groups is 3. The van der Waals surface area contributed by atoms with Gasteiger partial charge in [0.05, 0.1) is 0 Å². The molecule has 0 aromatic carbocycles. The summed E-state index contributed by atoms with van der Waals surface area (Å²) < 4.78 is 9.44. The van der Waals surface area contributed by atoms with Crippen LogP contribution in [0.2, 0.25) is 0 Å². The number of aliphatic carboxylic acids is 1. The van der Waals surface area contributed by atoms with Gasteiger partial charge in [-0.1, -0.05) is 0 Å².